The van der Waals surface area contributed by atoms with Crippen molar-refractivity contribution in [1.29, 1.82) is 0 Å². The highest BCUT2D eigenvalue weighted by molar-refractivity contribution is 5.94. The fourth-order valence-corrected chi connectivity index (χ4v) is 1.34. The second-order valence-electron chi connectivity index (χ2n) is 2.99. The van der Waals surface area contributed by atoms with Crippen molar-refractivity contribution in [2.45, 2.75) is 13.3 Å². The average Bonchev–Trinajstić information content (AvgIpc) is 2.27. The van der Waals surface area contributed by atoms with Crippen LogP contribution in [0.15, 0.2) is 6.20 Å². The van der Waals surface area contributed by atoms with Gasteiger partial charge < -0.3 is 9.47 Å². The van der Waals surface area contributed by atoms with E-state index in [9.17, 15) is 13.6 Å². The summed E-state index contributed by atoms with van der Waals surface area (Å²) in [6.45, 7) is 1.40. The van der Waals surface area contributed by atoms with Crippen LogP contribution in [0, 0.1) is 6.92 Å². The predicted octanol–water partition coefficient (Wildman–Crippen LogP) is 2.12. The first-order valence-electron chi connectivity index (χ1n) is 4.42. The molecule has 1 aromatic rings. The number of alkyl halides is 2. The highest BCUT2D eigenvalue weighted by Crippen LogP contribution is 2.31. The van der Waals surface area contributed by atoms with Crippen molar-refractivity contribution in [3.8, 4) is 5.75 Å². The summed E-state index contributed by atoms with van der Waals surface area (Å²) >= 11 is 0. The Labute approximate surface area is 91.2 Å². The molecule has 0 saturated heterocycles. The van der Waals surface area contributed by atoms with E-state index in [2.05, 4.69) is 9.72 Å². The molecule has 4 nitrogen and oxygen atoms in total. The Morgan fingerprint density at radius 3 is 2.50 bits per heavy atom. The summed E-state index contributed by atoms with van der Waals surface area (Å²) in [4.78, 5) is 15.1. The Kier molecular flexibility index (Phi) is 3.76. The van der Waals surface area contributed by atoms with Crippen LogP contribution in [0.1, 0.15) is 28.0 Å². The maximum absolute atomic E-state index is 12.8. The maximum atomic E-state index is 12.8. The molecule has 1 aromatic heterocycles. The lowest BCUT2D eigenvalue weighted by Crippen LogP contribution is -2.11. The smallest absolute Gasteiger partial charge is 0.342 e. The van der Waals surface area contributed by atoms with Crippen molar-refractivity contribution in [3.05, 3.63) is 23.0 Å². The van der Waals surface area contributed by atoms with Crippen molar-refractivity contribution < 1.29 is 23.0 Å². The van der Waals surface area contributed by atoms with Crippen LogP contribution in [0.25, 0.3) is 0 Å². The summed E-state index contributed by atoms with van der Waals surface area (Å²) in [5, 5.41) is 0. The third kappa shape index (κ3) is 2.10. The van der Waals surface area contributed by atoms with Gasteiger partial charge in [0.05, 0.1) is 26.0 Å². The van der Waals surface area contributed by atoms with Crippen molar-refractivity contribution in [3.63, 3.8) is 0 Å². The molecule has 6 heteroatoms. The standard InChI is InChI=1S/C10H11F2NO3/c1-5-7(9(11)12)8(10(14)16-3)6(15-2)4-13-5/h4,9H,1-3H3. The molecular weight excluding hydrogens is 220 g/mol. The van der Waals surface area contributed by atoms with Crippen LogP contribution in [-0.2, 0) is 4.74 Å². The minimum atomic E-state index is -2.81. The number of ether oxygens (including phenoxy) is 2. The number of nitrogens with zero attached hydrogens (tertiary/aromatic N) is 1. The van der Waals surface area contributed by atoms with Crippen molar-refractivity contribution >= 4 is 5.97 Å². The van der Waals surface area contributed by atoms with Crippen LogP contribution in [0.2, 0.25) is 0 Å². The van der Waals surface area contributed by atoms with Gasteiger partial charge in [-0.25, -0.2) is 13.6 Å². The molecule has 1 heterocycles. The summed E-state index contributed by atoms with van der Waals surface area (Å²) < 4.78 is 34.9. The first-order valence-corrected chi connectivity index (χ1v) is 4.42. The predicted molar refractivity (Wildman–Crippen MR) is 51.8 cm³/mol. The molecule has 0 aliphatic heterocycles. The molecule has 0 spiro atoms. The van der Waals surface area contributed by atoms with Crippen LogP contribution in [0.3, 0.4) is 0 Å². The number of hydrogen-bond donors (Lipinski definition) is 0. The van der Waals surface area contributed by atoms with E-state index < -0.39 is 18.0 Å². The molecule has 0 aromatic carbocycles. The fraction of sp³-hybridized carbons (Fsp3) is 0.400. The van der Waals surface area contributed by atoms with E-state index in [4.69, 9.17) is 4.74 Å². The van der Waals surface area contributed by atoms with Gasteiger partial charge >= 0.3 is 5.97 Å². The van der Waals surface area contributed by atoms with Gasteiger partial charge in [0.1, 0.15) is 5.56 Å². The fourth-order valence-electron chi connectivity index (χ4n) is 1.34. The van der Waals surface area contributed by atoms with E-state index in [1.54, 1.807) is 0 Å². The van der Waals surface area contributed by atoms with E-state index in [0.717, 1.165) is 7.11 Å². The third-order valence-electron chi connectivity index (χ3n) is 2.11. The highest BCUT2D eigenvalue weighted by Gasteiger charge is 2.26. The van der Waals surface area contributed by atoms with E-state index >= 15 is 0 Å². The minimum absolute atomic E-state index is 0.0206. The van der Waals surface area contributed by atoms with Gasteiger partial charge in [-0.2, -0.15) is 0 Å². The zero-order valence-electron chi connectivity index (χ0n) is 9.08. The van der Waals surface area contributed by atoms with Crippen LogP contribution in [0.4, 0.5) is 8.78 Å². The van der Waals surface area contributed by atoms with Gasteiger partial charge in [0.2, 0.25) is 0 Å². The summed E-state index contributed by atoms with van der Waals surface area (Å²) in [7, 11) is 2.39. The molecule has 0 radical (unpaired) electrons. The number of carbonyl (C=O) groups is 1. The first kappa shape index (κ1) is 12.4. The van der Waals surface area contributed by atoms with Crippen molar-refractivity contribution in [2.75, 3.05) is 14.2 Å². The maximum Gasteiger partial charge on any atom is 0.342 e. The van der Waals surface area contributed by atoms with E-state index in [-0.39, 0.29) is 17.0 Å². The number of carbonyl (C=O) groups excluding carboxylic acids is 1. The van der Waals surface area contributed by atoms with Crippen LogP contribution < -0.4 is 4.74 Å². The van der Waals surface area contributed by atoms with E-state index in [0.29, 0.717) is 0 Å². The molecule has 0 amide bonds. The van der Waals surface area contributed by atoms with Crippen molar-refractivity contribution in [2.24, 2.45) is 0 Å². The Bertz CT molecular complexity index is 407. The summed E-state index contributed by atoms with van der Waals surface area (Å²) in [5.74, 6) is -0.884. The Morgan fingerprint density at radius 1 is 1.44 bits per heavy atom. The van der Waals surface area contributed by atoms with Gasteiger partial charge in [-0.15, -0.1) is 0 Å². The van der Waals surface area contributed by atoms with Crippen LogP contribution in [0.5, 0.6) is 5.75 Å². The van der Waals surface area contributed by atoms with Gasteiger partial charge in [-0.3, -0.25) is 4.98 Å². The molecule has 88 valence electrons. The molecular formula is C10H11F2NO3. The summed E-state index contributed by atoms with van der Waals surface area (Å²) in [6.07, 6.45) is -1.59. The lowest BCUT2D eigenvalue weighted by atomic mass is 10.1. The van der Waals surface area contributed by atoms with Crippen LogP contribution >= 0.6 is 0 Å². The molecule has 0 atom stereocenters. The number of methoxy groups -OCH3 is 2. The quantitative estimate of drug-likeness (QED) is 0.747. The molecule has 0 aliphatic rings. The second kappa shape index (κ2) is 4.87. The Morgan fingerprint density at radius 2 is 2.06 bits per heavy atom. The molecule has 0 fully saturated rings. The number of rotatable bonds is 3. The third-order valence-corrected chi connectivity index (χ3v) is 2.11. The summed E-state index contributed by atoms with van der Waals surface area (Å²) in [6, 6.07) is 0. The molecule has 0 saturated carbocycles. The van der Waals surface area contributed by atoms with E-state index in [1.807, 2.05) is 0 Å². The number of hydrogen-bond acceptors (Lipinski definition) is 4. The second-order valence-corrected chi connectivity index (χ2v) is 2.99. The van der Waals surface area contributed by atoms with Crippen molar-refractivity contribution in [1.82, 2.24) is 4.98 Å². The van der Waals surface area contributed by atoms with Gasteiger partial charge in [0.25, 0.3) is 6.43 Å². The zero-order valence-corrected chi connectivity index (χ0v) is 9.08. The normalized spacial score (nSPS) is 10.4. The number of aromatic nitrogens is 1. The highest BCUT2D eigenvalue weighted by atomic mass is 19.3. The number of pyridine rings is 1. The van der Waals surface area contributed by atoms with Crippen LogP contribution in [-0.4, -0.2) is 25.2 Å². The molecule has 1 rings (SSSR count). The molecule has 0 aliphatic carbocycles. The minimum Gasteiger partial charge on any atom is -0.494 e. The zero-order chi connectivity index (χ0) is 12.3. The van der Waals surface area contributed by atoms with Gasteiger partial charge in [-0.1, -0.05) is 0 Å². The first-order chi connectivity index (χ1) is 7.52. The molecule has 0 N–H and O–H groups in total. The van der Waals surface area contributed by atoms with Gasteiger partial charge in [0, 0.05) is 5.69 Å². The number of halogens is 2. The average molecular weight is 231 g/mol. The topological polar surface area (TPSA) is 48.4 Å². The molecule has 0 unspecified atom stereocenters. The largest absolute Gasteiger partial charge is 0.494 e. The van der Waals surface area contributed by atoms with Gasteiger partial charge in [-0.05, 0) is 6.92 Å². The molecule has 0 bridgehead atoms. The Balaban J connectivity index is 3.48. The SMILES string of the molecule is COC(=O)c1c(OC)cnc(C)c1C(F)F. The number of esters is 1. The lowest BCUT2D eigenvalue weighted by Gasteiger charge is -2.13. The van der Waals surface area contributed by atoms with Gasteiger partial charge in [0.15, 0.2) is 5.75 Å². The Hall–Kier alpha value is -1.72. The number of aryl methyl sites for hydroxylation is 1. The molecule has 16 heavy (non-hydrogen) atoms. The summed E-state index contributed by atoms with van der Waals surface area (Å²) in [5.41, 5.74) is -0.644. The monoisotopic (exact) mass is 231 g/mol. The van der Waals surface area contributed by atoms with E-state index in [1.165, 1.54) is 20.2 Å². The lowest BCUT2D eigenvalue weighted by molar-refractivity contribution is 0.0584.